The Morgan fingerprint density at radius 1 is 1.24 bits per heavy atom. The molecule has 1 N–H and O–H groups in total. The van der Waals surface area contributed by atoms with Gasteiger partial charge in [0, 0.05) is 18.9 Å². The number of fused-ring (bicyclic) bond motifs is 4. The molecule has 0 aromatic carbocycles. The van der Waals surface area contributed by atoms with E-state index in [4.69, 9.17) is 4.74 Å². The van der Waals surface area contributed by atoms with Gasteiger partial charge in [-0.25, -0.2) is 0 Å². The Morgan fingerprint density at radius 2 is 2.04 bits per heavy atom. The summed E-state index contributed by atoms with van der Waals surface area (Å²) in [5.74, 6) is 0.923. The van der Waals surface area contributed by atoms with Gasteiger partial charge in [-0.3, -0.25) is 9.59 Å². The Hall–Kier alpha value is -1.26. The highest BCUT2D eigenvalue weighted by Gasteiger charge is 2.63. The number of allylic oxidation sites excluding steroid dienone is 4. The highest BCUT2D eigenvalue weighted by atomic mass is 16.5. The van der Waals surface area contributed by atoms with Crippen LogP contribution in [-0.2, 0) is 14.3 Å². The maximum atomic E-state index is 12.6. The lowest BCUT2D eigenvalue weighted by atomic mass is 9.54. The van der Waals surface area contributed by atoms with Crippen LogP contribution in [0.3, 0.4) is 0 Å². The molecule has 25 heavy (non-hydrogen) atoms. The van der Waals surface area contributed by atoms with Gasteiger partial charge in [-0.1, -0.05) is 12.5 Å². The van der Waals surface area contributed by atoms with E-state index in [0.29, 0.717) is 24.7 Å². The van der Waals surface area contributed by atoms with Crippen molar-refractivity contribution in [1.82, 2.24) is 0 Å². The van der Waals surface area contributed by atoms with Gasteiger partial charge >= 0.3 is 0 Å². The van der Waals surface area contributed by atoms with Crippen LogP contribution in [0.2, 0.25) is 0 Å². The molecule has 0 aromatic rings. The second-order valence-corrected chi connectivity index (χ2v) is 8.56. The van der Waals surface area contributed by atoms with Gasteiger partial charge in [0.25, 0.3) is 0 Å². The predicted octanol–water partition coefficient (Wildman–Crippen LogP) is 3.14. The predicted molar refractivity (Wildman–Crippen MR) is 94.0 cm³/mol. The lowest BCUT2D eigenvalue weighted by Gasteiger charge is -2.51. The van der Waals surface area contributed by atoms with E-state index in [1.807, 2.05) is 6.08 Å². The van der Waals surface area contributed by atoms with Crippen molar-refractivity contribution in [1.29, 1.82) is 0 Å². The van der Waals surface area contributed by atoms with Crippen LogP contribution in [0.1, 0.15) is 58.3 Å². The summed E-state index contributed by atoms with van der Waals surface area (Å²) in [5, 5.41) is 11.3. The van der Waals surface area contributed by atoms with Crippen LogP contribution in [0.5, 0.6) is 0 Å². The molecule has 0 aliphatic heterocycles. The first-order chi connectivity index (χ1) is 11.9. The van der Waals surface area contributed by atoms with Gasteiger partial charge in [0.1, 0.15) is 12.2 Å². The molecule has 0 aromatic heterocycles. The summed E-state index contributed by atoms with van der Waals surface area (Å²) in [4.78, 5) is 24.4. The number of hydrogen-bond donors (Lipinski definition) is 1. The molecular weight excluding hydrogens is 316 g/mol. The second kappa shape index (κ2) is 5.88. The summed E-state index contributed by atoms with van der Waals surface area (Å²) in [7, 11) is 1.51. The summed E-state index contributed by atoms with van der Waals surface area (Å²) >= 11 is 0. The van der Waals surface area contributed by atoms with Gasteiger partial charge < -0.3 is 9.84 Å². The normalized spacial score (nSPS) is 40.3. The summed E-state index contributed by atoms with van der Waals surface area (Å²) in [6.45, 7) is 2.11. The minimum Gasteiger partial charge on any atom is -0.381 e. The number of carbonyl (C=O) groups excluding carboxylic acids is 2. The van der Waals surface area contributed by atoms with E-state index in [1.165, 1.54) is 23.8 Å². The largest absolute Gasteiger partial charge is 0.381 e. The van der Waals surface area contributed by atoms with Crippen molar-refractivity contribution in [3.05, 3.63) is 22.8 Å². The molecule has 2 saturated carbocycles. The zero-order valence-electron chi connectivity index (χ0n) is 15.3. The molecule has 0 saturated heterocycles. The maximum absolute atomic E-state index is 12.6. The van der Waals surface area contributed by atoms with Crippen molar-refractivity contribution in [3.8, 4) is 0 Å². The van der Waals surface area contributed by atoms with Crippen molar-refractivity contribution < 1.29 is 19.4 Å². The first-order valence-corrected chi connectivity index (χ1v) is 9.61. The third-order valence-electron chi connectivity index (χ3n) is 7.62. The van der Waals surface area contributed by atoms with Crippen LogP contribution < -0.4 is 0 Å². The minimum atomic E-state index is -1.25. The van der Waals surface area contributed by atoms with Crippen molar-refractivity contribution in [2.24, 2.45) is 17.3 Å². The molecule has 0 amide bonds. The third kappa shape index (κ3) is 2.33. The zero-order valence-corrected chi connectivity index (χ0v) is 15.3. The van der Waals surface area contributed by atoms with Crippen molar-refractivity contribution >= 4 is 11.6 Å². The Bertz CT molecular complexity index is 688. The molecule has 4 aliphatic rings. The van der Waals surface area contributed by atoms with Crippen molar-refractivity contribution in [2.45, 2.75) is 63.9 Å². The Balaban J connectivity index is 1.69. The molecule has 4 atom stereocenters. The lowest BCUT2D eigenvalue weighted by Crippen LogP contribution is -2.55. The van der Waals surface area contributed by atoms with E-state index in [-0.39, 0.29) is 23.6 Å². The Labute approximate surface area is 149 Å². The summed E-state index contributed by atoms with van der Waals surface area (Å²) in [6.07, 6.45) is 8.64. The van der Waals surface area contributed by atoms with Gasteiger partial charge in [0.05, 0.1) is 0 Å². The van der Waals surface area contributed by atoms with E-state index in [1.54, 1.807) is 0 Å². The van der Waals surface area contributed by atoms with Crippen LogP contribution in [0.4, 0.5) is 0 Å². The van der Waals surface area contributed by atoms with E-state index < -0.39 is 5.60 Å². The lowest BCUT2D eigenvalue weighted by molar-refractivity contribution is -0.158. The summed E-state index contributed by atoms with van der Waals surface area (Å²) < 4.78 is 5.04. The fourth-order valence-electron chi connectivity index (χ4n) is 6.26. The summed E-state index contributed by atoms with van der Waals surface area (Å²) in [6, 6.07) is 0. The smallest absolute Gasteiger partial charge is 0.190 e. The molecule has 136 valence electrons. The minimum absolute atomic E-state index is 0.00752. The Kier molecular flexibility index (Phi) is 4.04. The zero-order chi connectivity index (χ0) is 17.8. The average molecular weight is 344 g/mol. The standard InChI is InChI=1S/C21H28O4/c1-20-9-7-16-15-6-4-14(22)11-13(15)3-5-17(16)18(20)8-10-21(20,24)19(23)12-25-2/h11,17-18,24H,3-10,12H2,1-2H3/t17-,18+,20+,21+/m1/s1. The van der Waals surface area contributed by atoms with Crippen LogP contribution in [0.25, 0.3) is 0 Å². The van der Waals surface area contributed by atoms with Gasteiger partial charge in [0.2, 0.25) is 0 Å². The molecular formula is C21H28O4. The SMILES string of the molecule is COCC(=O)[C@@]1(O)CC[C@H]2[C@@H]3CCC4=CC(=O)CCC4=C3CC[C@@]21C. The van der Waals surface area contributed by atoms with Gasteiger partial charge in [-0.05, 0) is 74.0 Å². The number of Topliss-reactive ketones (excluding diaryl/α,β-unsaturated/α-hetero) is 1. The van der Waals surface area contributed by atoms with Crippen LogP contribution in [0, 0.1) is 17.3 Å². The first-order valence-electron chi connectivity index (χ1n) is 9.61. The molecule has 2 fully saturated rings. The number of carbonyl (C=O) groups is 2. The molecule has 0 radical (unpaired) electrons. The molecule has 0 spiro atoms. The van der Waals surface area contributed by atoms with Gasteiger partial charge in [-0.15, -0.1) is 0 Å². The van der Waals surface area contributed by atoms with E-state index in [0.717, 1.165) is 38.5 Å². The van der Waals surface area contributed by atoms with Gasteiger partial charge in [-0.2, -0.15) is 0 Å². The summed E-state index contributed by atoms with van der Waals surface area (Å²) in [5.41, 5.74) is 2.60. The topological polar surface area (TPSA) is 63.6 Å². The number of methoxy groups -OCH3 is 1. The second-order valence-electron chi connectivity index (χ2n) is 8.56. The van der Waals surface area contributed by atoms with E-state index >= 15 is 0 Å². The highest BCUT2D eigenvalue weighted by Crippen LogP contribution is 2.63. The van der Waals surface area contributed by atoms with Crippen LogP contribution in [-0.4, -0.2) is 36.0 Å². The number of ketones is 2. The molecule has 0 bridgehead atoms. The number of hydrogen-bond acceptors (Lipinski definition) is 4. The average Bonchev–Trinajstić information content (AvgIpc) is 2.87. The number of ether oxygens (including phenoxy) is 1. The number of aliphatic hydroxyl groups is 1. The van der Waals surface area contributed by atoms with Gasteiger partial charge in [0.15, 0.2) is 11.6 Å². The fourth-order valence-corrected chi connectivity index (χ4v) is 6.26. The maximum Gasteiger partial charge on any atom is 0.190 e. The van der Waals surface area contributed by atoms with Crippen LogP contribution in [0.15, 0.2) is 22.8 Å². The Morgan fingerprint density at radius 3 is 2.80 bits per heavy atom. The van der Waals surface area contributed by atoms with Crippen LogP contribution >= 0.6 is 0 Å². The highest BCUT2D eigenvalue weighted by molar-refractivity contribution is 5.93. The monoisotopic (exact) mass is 344 g/mol. The fraction of sp³-hybridized carbons (Fsp3) is 0.714. The van der Waals surface area contributed by atoms with E-state index in [2.05, 4.69) is 6.92 Å². The molecule has 0 unspecified atom stereocenters. The van der Waals surface area contributed by atoms with Crippen molar-refractivity contribution in [3.63, 3.8) is 0 Å². The molecule has 4 rings (SSSR count). The molecule has 4 nitrogen and oxygen atoms in total. The van der Waals surface area contributed by atoms with Crippen molar-refractivity contribution in [2.75, 3.05) is 13.7 Å². The first kappa shape index (κ1) is 17.2. The van der Waals surface area contributed by atoms with E-state index in [9.17, 15) is 14.7 Å². The number of rotatable bonds is 3. The molecule has 4 heteroatoms. The third-order valence-corrected chi connectivity index (χ3v) is 7.62. The molecule has 0 heterocycles. The molecule has 4 aliphatic carbocycles. The quantitative estimate of drug-likeness (QED) is 0.854.